The SMILES string of the molecule is O=C(N[C@@H](Cc1ccc(CCCc2ccc3c(n2)NCCC3)cn1)C(=O)O)c1c(Cl)cccc1Cl. The van der Waals surface area contributed by atoms with Gasteiger partial charge in [0.05, 0.1) is 15.6 Å². The number of benzene rings is 1. The molecule has 0 aliphatic carbocycles. The quantitative estimate of drug-likeness (QED) is 0.382. The Morgan fingerprint density at radius 1 is 1.06 bits per heavy atom. The Morgan fingerprint density at radius 2 is 1.83 bits per heavy atom. The number of carbonyl (C=O) groups excluding carboxylic acids is 1. The number of carboxylic acid groups (broad SMARTS) is 1. The van der Waals surface area contributed by atoms with Crippen LogP contribution < -0.4 is 10.6 Å². The van der Waals surface area contributed by atoms with Crippen LogP contribution in [0.15, 0.2) is 48.7 Å². The number of nitrogens with zero attached hydrogens (tertiary/aromatic N) is 2. The average Bonchev–Trinajstić information content (AvgIpc) is 2.84. The molecular weight excluding hydrogens is 487 g/mol. The molecule has 7 nitrogen and oxygen atoms in total. The van der Waals surface area contributed by atoms with E-state index in [1.54, 1.807) is 18.3 Å². The molecule has 0 fully saturated rings. The normalized spacial score (nSPS) is 13.4. The Morgan fingerprint density at radius 3 is 2.54 bits per heavy atom. The van der Waals surface area contributed by atoms with Crippen molar-refractivity contribution in [2.75, 3.05) is 11.9 Å². The van der Waals surface area contributed by atoms with E-state index in [9.17, 15) is 14.7 Å². The van der Waals surface area contributed by atoms with Crippen LogP contribution in [0.25, 0.3) is 0 Å². The summed E-state index contributed by atoms with van der Waals surface area (Å²) in [5.74, 6) is -0.799. The Labute approximate surface area is 213 Å². The van der Waals surface area contributed by atoms with Crippen LogP contribution >= 0.6 is 23.2 Å². The molecule has 35 heavy (non-hydrogen) atoms. The standard InChI is InChI=1S/C26H26Cl2N4O3/c27-20-7-2-8-21(28)23(20)25(33)32-22(26(34)35)14-19-11-9-16(15-30-19)4-1-6-18-12-10-17-5-3-13-29-24(17)31-18/h2,7-12,15,22H,1,3-6,13-14H2,(H,29,31)(H,32,33)(H,34,35)/t22-/m0/s1. The highest BCUT2D eigenvalue weighted by Gasteiger charge is 2.24. The van der Waals surface area contributed by atoms with Crippen molar-refractivity contribution < 1.29 is 14.7 Å². The van der Waals surface area contributed by atoms with Crippen LogP contribution in [0.4, 0.5) is 5.82 Å². The zero-order valence-electron chi connectivity index (χ0n) is 19.1. The fourth-order valence-electron chi connectivity index (χ4n) is 4.06. The summed E-state index contributed by atoms with van der Waals surface area (Å²) in [6.07, 6.45) is 6.65. The lowest BCUT2D eigenvalue weighted by atomic mass is 10.0. The molecule has 2 aromatic heterocycles. The van der Waals surface area contributed by atoms with Gasteiger partial charge in [-0.2, -0.15) is 0 Å². The highest BCUT2D eigenvalue weighted by molar-refractivity contribution is 6.39. The van der Waals surface area contributed by atoms with E-state index in [0.717, 1.165) is 55.7 Å². The van der Waals surface area contributed by atoms with Crippen LogP contribution in [0.5, 0.6) is 0 Å². The number of nitrogens with one attached hydrogen (secondary N) is 2. The van der Waals surface area contributed by atoms with Gasteiger partial charge in [0.2, 0.25) is 0 Å². The van der Waals surface area contributed by atoms with Gasteiger partial charge < -0.3 is 15.7 Å². The Bertz CT molecular complexity index is 1200. The monoisotopic (exact) mass is 512 g/mol. The molecule has 0 radical (unpaired) electrons. The molecule has 9 heteroatoms. The lowest BCUT2D eigenvalue weighted by Crippen LogP contribution is -2.42. The van der Waals surface area contributed by atoms with Crippen molar-refractivity contribution in [1.29, 1.82) is 0 Å². The summed E-state index contributed by atoms with van der Waals surface area (Å²) in [6, 6.07) is 11.5. The third-order valence-corrected chi connectivity index (χ3v) is 6.57. The van der Waals surface area contributed by atoms with Gasteiger partial charge in [0, 0.05) is 30.6 Å². The van der Waals surface area contributed by atoms with Crippen molar-refractivity contribution >= 4 is 40.9 Å². The summed E-state index contributed by atoms with van der Waals surface area (Å²) in [5, 5.41) is 15.8. The topological polar surface area (TPSA) is 104 Å². The molecule has 0 saturated carbocycles. The summed E-state index contributed by atoms with van der Waals surface area (Å²) in [7, 11) is 0. The molecule has 4 rings (SSSR count). The number of hydrogen-bond acceptors (Lipinski definition) is 5. The van der Waals surface area contributed by atoms with Gasteiger partial charge in [-0.1, -0.05) is 41.4 Å². The highest BCUT2D eigenvalue weighted by atomic mass is 35.5. The molecule has 1 aliphatic heterocycles. The first-order valence-corrected chi connectivity index (χ1v) is 12.3. The summed E-state index contributed by atoms with van der Waals surface area (Å²) in [4.78, 5) is 33.5. The van der Waals surface area contributed by atoms with Crippen LogP contribution in [0.1, 0.15) is 45.7 Å². The number of carboxylic acids is 1. The molecule has 1 aromatic carbocycles. The number of anilines is 1. The molecule has 0 saturated heterocycles. The van der Waals surface area contributed by atoms with Gasteiger partial charge >= 0.3 is 5.97 Å². The Hall–Kier alpha value is -3.16. The van der Waals surface area contributed by atoms with Gasteiger partial charge in [-0.3, -0.25) is 9.78 Å². The van der Waals surface area contributed by atoms with Crippen LogP contribution in [-0.4, -0.2) is 39.5 Å². The van der Waals surface area contributed by atoms with Gasteiger partial charge in [0.15, 0.2) is 0 Å². The van der Waals surface area contributed by atoms with Crippen LogP contribution in [-0.2, 0) is 30.5 Å². The first-order chi connectivity index (χ1) is 16.9. The third-order valence-electron chi connectivity index (χ3n) is 5.94. The zero-order chi connectivity index (χ0) is 24.8. The number of rotatable bonds is 9. The second-order valence-corrected chi connectivity index (χ2v) is 9.33. The molecule has 1 amide bonds. The van der Waals surface area contributed by atoms with Crippen molar-refractivity contribution in [3.05, 3.63) is 86.8 Å². The number of hydrogen-bond donors (Lipinski definition) is 3. The molecule has 3 N–H and O–H groups in total. The summed E-state index contributed by atoms with van der Waals surface area (Å²) in [6.45, 7) is 0.974. The Kier molecular flexibility index (Phi) is 8.21. The Balaban J connectivity index is 1.31. The molecule has 1 atom stereocenters. The highest BCUT2D eigenvalue weighted by Crippen LogP contribution is 2.24. The minimum Gasteiger partial charge on any atom is -0.480 e. The molecule has 0 unspecified atom stereocenters. The van der Waals surface area contributed by atoms with Crippen LogP contribution in [0, 0.1) is 0 Å². The van der Waals surface area contributed by atoms with Crippen molar-refractivity contribution in [2.45, 2.75) is 44.6 Å². The van der Waals surface area contributed by atoms with Gasteiger partial charge in [0.25, 0.3) is 5.91 Å². The molecule has 1 aliphatic rings. The maximum Gasteiger partial charge on any atom is 0.326 e. The van der Waals surface area contributed by atoms with E-state index in [0.29, 0.717) is 5.69 Å². The smallest absolute Gasteiger partial charge is 0.326 e. The van der Waals surface area contributed by atoms with E-state index < -0.39 is 17.9 Å². The number of carbonyl (C=O) groups is 2. The first-order valence-electron chi connectivity index (χ1n) is 11.5. The fourth-order valence-corrected chi connectivity index (χ4v) is 4.63. The average molecular weight is 513 g/mol. The van der Waals surface area contributed by atoms with Gasteiger partial charge in [0.1, 0.15) is 11.9 Å². The minimum atomic E-state index is -1.17. The third kappa shape index (κ3) is 6.50. The number of pyridine rings is 2. The van der Waals surface area contributed by atoms with Crippen molar-refractivity contribution in [1.82, 2.24) is 15.3 Å². The summed E-state index contributed by atoms with van der Waals surface area (Å²) in [5.41, 5.74) is 4.03. The first kappa shape index (κ1) is 24.9. The number of aryl methyl sites for hydroxylation is 3. The van der Waals surface area contributed by atoms with Gasteiger partial charge in [-0.05, 0) is 67.5 Å². The maximum atomic E-state index is 12.6. The molecule has 0 spiro atoms. The largest absolute Gasteiger partial charge is 0.480 e. The number of aromatic nitrogens is 2. The van der Waals surface area contributed by atoms with E-state index in [-0.39, 0.29) is 22.0 Å². The lowest BCUT2D eigenvalue weighted by Gasteiger charge is -2.17. The van der Waals surface area contributed by atoms with Crippen LogP contribution in [0.3, 0.4) is 0 Å². The van der Waals surface area contributed by atoms with Crippen molar-refractivity contribution in [3.8, 4) is 0 Å². The zero-order valence-corrected chi connectivity index (χ0v) is 20.6. The van der Waals surface area contributed by atoms with Crippen LogP contribution in [0.2, 0.25) is 10.0 Å². The molecule has 3 aromatic rings. The number of amides is 1. The van der Waals surface area contributed by atoms with Gasteiger partial charge in [-0.15, -0.1) is 0 Å². The number of halogens is 2. The fraction of sp³-hybridized carbons (Fsp3) is 0.308. The van der Waals surface area contributed by atoms with Crippen molar-refractivity contribution in [3.63, 3.8) is 0 Å². The summed E-state index contributed by atoms with van der Waals surface area (Å²) >= 11 is 12.1. The predicted octanol–water partition coefficient (Wildman–Crippen LogP) is 4.74. The van der Waals surface area contributed by atoms with E-state index in [4.69, 9.17) is 28.2 Å². The second kappa shape index (κ2) is 11.5. The molecule has 3 heterocycles. The number of fused-ring (bicyclic) bond motifs is 1. The maximum absolute atomic E-state index is 12.6. The van der Waals surface area contributed by atoms with E-state index in [1.807, 2.05) is 6.07 Å². The van der Waals surface area contributed by atoms with E-state index in [1.165, 1.54) is 17.7 Å². The second-order valence-electron chi connectivity index (χ2n) is 8.52. The van der Waals surface area contributed by atoms with E-state index >= 15 is 0 Å². The minimum absolute atomic E-state index is 0.0372. The molecule has 0 bridgehead atoms. The molecule has 182 valence electrons. The van der Waals surface area contributed by atoms with E-state index in [2.05, 4.69) is 27.8 Å². The molecular formula is C26H26Cl2N4O3. The lowest BCUT2D eigenvalue weighted by molar-refractivity contribution is -0.139. The van der Waals surface area contributed by atoms with Gasteiger partial charge in [-0.25, -0.2) is 9.78 Å². The predicted molar refractivity (Wildman–Crippen MR) is 136 cm³/mol. The number of aliphatic carboxylic acids is 1. The van der Waals surface area contributed by atoms with Crippen molar-refractivity contribution in [2.24, 2.45) is 0 Å². The summed E-state index contributed by atoms with van der Waals surface area (Å²) < 4.78 is 0.